The molecular formula is C9H12N4. The molecule has 0 aliphatic rings. The van der Waals surface area contributed by atoms with E-state index in [0.29, 0.717) is 5.82 Å². The van der Waals surface area contributed by atoms with Crippen LogP contribution in [0.2, 0.25) is 0 Å². The average molecular weight is 176 g/mol. The first kappa shape index (κ1) is 9.38. The summed E-state index contributed by atoms with van der Waals surface area (Å²) in [6.45, 7) is 4.00. The molecule has 0 fully saturated rings. The van der Waals surface area contributed by atoms with Crippen LogP contribution in [-0.4, -0.2) is 20.6 Å². The van der Waals surface area contributed by atoms with Gasteiger partial charge in [0.15, 0.2) is 0 Å². The van der Waals surface area contributed by atoms with Gasteiger partial charge in [0.05, 0.1) is 0 Å². The highest BCUT2D eigenvalue weighted by Gasteiger charge is 1.98. The van der Waals surface area contributed by atoms with Crippen molar-refractivity contribution in [2.75, 3.05) is 0 Å². The molecule has 0 aliphatic carbocycles. The Kier molecular flexibility index (Phi) is 3.63. The van der Waals surface area contributed by atoms with Crippen molar-refractivity contribution in [3.8, 4) is 11.4 Å². The number of aromatic amines is 1. The lowest BCUT2D eigenvalue weighted by atomic mass is 10.2. The molecule has 0 aliphatic heterocycles. The van der Waals surface area contributed by atoms with Gasteiger partial charge < -0.3 is 0 Å². The molecule has 0 saturated heterocycles. The minimum atomic E-state index is 0.630. The molecule has 4 heteroatoms. The third kappa shape index (κ3) is 2.37. The van der Waals surface area contributed by atoms with Crippen LogP contribution in [0.1, 0.15) is 13.8 Å². The summed E-state index contributed by atoms with van der Waals surface area (Å²) in [5.41, 5.74) is 0.973. The Bertz CT molecular complexity index is 315. The summed E-state index contributed by atoms with van der Waals surface area (Å²) in [5.74, 6) is 0.630. The largest absolute Gasteiger partial charge is 0.204 e. The van der Waals surface area contributed by atoms with E-state index in [1.54, 1.807) is 0 Å². The average Bonchev–Trinajstić information content (AvgIpc) is 2.75. The molecule has 0 bridgehead atoms. The van der Waals surface area contributed by atoms with Gasteiger partial charge in [-0.1, -0.05) is 44.2 Å². The lowest BCUT2D eigenvalue weighted by Gasteiger charge is -1.89. The Hall–Kier alpha value is -1.71. The van der Waals surface area contributed by atoms with Gasteiger partial charge in [-0.25, -0.2) is 0 Å². The summed E-state index contributed by atoms with van der Waals surface area (Å²) in [6, 6.07) is 9.69. The van der Waals surface area contributed by atoms with Crippen molar-refractivity contribution < 1.29 is 0 Å². The first-order valence-corrected chi connectivity index (χ1v) is 4.26. The van der Waals surface area contributed by atoms with E-state index >= 15 is 0 Å². The van der Waals surface area contributed by atoms with E-state index in [-0.39, 0.29) is 0 Å². The van der Waals surface area contributed by atoms with Gasteiger partial charge in [0.1, 0.15) is 0 Å². The van der Waals surface area contributed by atoms with Crippen LogP contribution >= 0.6 is 0 Å². The summed E-state index contributed by atoms with van der Waals surface area (Å²) in [6.07, 6.45) is 0. The maximum atomic E-state index is 3.84. The molecule has 2 rings (SSSR count). The quantitative estimate of drug-likeness (QED) is 0.721. The molecule has 0 amide bonds. The fraction of sp³-hybridized carbons (Fsp3) is 0.222. The number of aromatic nitrogens is 4. The highest BCUT2D eigenvalue weighted by molar-refractivity contribution is 5.52. The van der Waals surface area contributed by atoms with Crippen LogP contribution < -0.4 is 0 Å². The zero-order valence-corrected chi connectivity index (χ0v) is 7.73. The molecule has 13 heavy (non-hydrogen) atoms. The van der Waals surface area contributed by atoms with Crippen molar-refractivity contribution >= 4 is 0 Å². The van der Waals surface area contributed by atoms with E-state index in [9.17, 15) is 0 Å². The van der Waals surface area contributed by atoms with Gasteiger partial charge in [-0.05, 0) is 5.21 Å². The molecule has 1 aromatic carbocycles. The minimum absolute atomic E-state index is 0.630. The van der Waals surface area contributed by atoms with Gasteiger partial charge in [-0.2, -0.15) is 5.21 Å². The second-order valence-corrected chi connectivity index (χ2v) is 2.10. The van der Waals surface area contributed by atoms with Crippen molar-refractivity contribution in [3.05, 3.63) is 30.3 Å². The van der Waals surface area contributed by atoms with Gasteiger partial charge in [-0.15, -0.1) is 10.2 Å². The van der Waals surface area contributed by atoms with Crippen LogP contribution in [0, 0.1) is 0 Å². The molecular weight excluding hydrogens is 164 g/mol. The summed E-state index contributed by atoms with van der Waals surface area (Å²) < 4.78 is 0. The smallest absolute Gasteiger partial charge is 0.177 e. The Morgan fingerprint density at radius 1 is 1.08 bits per heavy atom. The van der Waals surface area contributed by atoms with E-state index in [0.717, 1.165) is 5.56 Å². The number of nitrogens with one attached hydrogen (secondary N) is 1. The molecule has 0 saturated carbocycles. The van der Waals surface area contributed by atoms with E-state index in [4.69, 9.17) is 0 Å². The van der Waals surface area contributed by atoms with E-state index in [1.807, 2.05) is 44.2 Å². The van der Waals surface area contributed by atoms with E-state index in [2.05, 4.69) is 20.6 Å². The molecule has 0 spiro atoms. The summed E-state index contributed by atoms with van der Waals surface area (Å²) >= 11 is 0. The molecule has 0 radical (unpaired) electrons. The highest BCUT2D eigenvalue weighted by atomic mass is 15.5. The van der Waals surface area contributed by atoms with Gasteiger partial charge in [0.25, 0.3) is 0 Å². The predicted molar refractivity (Wildman–Crippen MR) is 51.0 cm³/mol. The number of tetrazole rings is 1. The number of rotatable bonds is 1. The lowest BCUT2D eigenvalue weighted by Crippen LogP contribution is -1.78. The summed E-state index contributed by atoms with van der Waals surface area (Å²) in [4.78, 5) is 0. The van der Waals surface area contributed by atoms with Gasteiger partial charge in [0, 0.05) is 5.56 Å². The molecule has 0 atom stereocenters. The van der Waals surface area contributed by atoms with Crippen LogP contribution in [0.15, 0.2) is 30.3 Å². The van der Waals surface area contributed by atoms with Gasteiger partial charge in [0.2, 0.25) is 5.82 Å². The number of hydrogen-bond acceptors (Lipinski definition) is 3. The number of hydrogen-bond donors (Lipinski definition) is 1. The SMILES string of the molecule is CC.c1ccc(-c2nn[nH]n2)cc1. The molecule has 4 nitrogen and oxygen atoms in total. The normalized spacial score (nSPS) is 8.77. The standard InChI is InChI=1S/C7H6N4.C2H6/c1-2-4-6(5-3-1)7-8-10-11-9-7;1-2/h1-5H,(H,8,9,10,11);1-2H3. The molecule has 0 unspecified atom stereocenters. The Balaban J connectivity index is 0.000000396. The van der Waals surface area contributed by atoms with Crippen LogP contribution in [0.5, 0.6) is 0 Å². The molecule has 2 aromatic rings. The number of H-pyrrole nitrogens is 1. The molecule has 1 N–H and O–H groups in total. The van der Waals surface area contributed by atoms with Crippen molar-refractivity contribution in [2.45, 2.75) is 13.8 Å². The fourth-order valence-corrected chi connectivity index (χ4v) is 0.871. The number of benzene rings is 1. The fourth-order valence-electron chi connectivity index (χ4n) is 0.871. The third-order valence-corrected chi connectivity index (χ3v) is 1.38. The molecule has 1 heterocycles. The van der Waals surface area contributed by atoms with Crippen LogP contribution in [-0.2, 0) is 0 Å². The zero-order chi connectivity index (χ0) is 9.52. The lowest BCUT2D eigenvalue weighted by molar-refractivity contribution is 0.881. The minimum Gasteiger partial charge on any atom is -0.177 e. The monoisotopic (exact) mass is 176 g/mol. The number of nitrogens with zero attached hydrogens (tertiary/aromatic N) is 3. The van der Waals surface area contributed by atoms with Gasteiger partial charge in [-0.3, -0.25) is 0 Å². The van der Waals surface area contributed by atoms with Crippen LogP contribution in [0.4, 0.5) is 0 Å². The first-order chi connectivity index (χ1) is 6.47. The van der Waals surface area contributed by atoms with Crippen LogP contribution in [0.25, 0.3) is 11.4 Å². The maximum absolute atomic E-state index is 3.84. The zero-order valence-electron chi connectivity index (χ0n) is 7.73. The Morgan fingerprint density at radius 2 is 1.77 bits per heavy atom. The van der Waals surface area contributed by atoms with Crippen LogP contribution in [0.3, 0.4) is 0 Å². The topological polar surface area (TPSA) is 54.5 Å². The predicted octanol–water partition coefficient (Wildman–Crippen LogP) is 1.89. The second kappa shape index (κ2) is 5.03. The Morgan fingerprint density at radius 3 is 2.31 bits per heavy atom. The van der Waals surface area contributed by atoms with Crippen molar-refractivity contribution in [1.29, 1.82) is 0 Å². The van der Waals surface area contributed by atoms with Crippen molar-refractivity contribution in [2.24, 2.45) is 0 Å². The Labute approximate surface area is 77.0 Å². The summed E-state index contributed by atoms with van der Waals surface area (Å²) in [7, 11) is 0. The highest BCUT2D eigenvalue weighted by Crippen LogP contribution is 2.10. The molecule has 1 aromatic heterocycles. The van der Waals surface area contributed by atoms with Crippen molar-refractivity contribution in [3.63, 3.8) is 0 Å². The van der Waals surface area contributed by atoms with Crippen molar-refractivity contribution in [1.82, 2.24) is 20.6 Å². The first-order valence-electron chi connectivity index (χ1n) is 4.26. The molecule has 68 valence electrons. The van der Waals surface area contributed by atoms with E-state index < -0.39 is 0 Å². The van der Waals surface area contributed by atoms with E-state index in [1.165, 1.54) is 0 Å². The third-order valence-electron chi connectivity index (χ3n) is 1.38. The van der Waals surface area contributed by atoms with Gasteiger partial charge >= 0.3 is 0 Å². The summed E-state index contributed by atoms with van der Waals surface area (Å²) in [5, 5.41) is 13.5. The second-order valence-electron chi connectivity index (χ2n) is 2.10. The maximum Gasteiger partial charge on any atom is 0.204 e.